The van der Waals surface area contributed by atoms with Crippen LogP contribution in [0.25, 0.3) is 71.7 Å². The Kier molecular flexibility index (Phi) is 7.76. The molecule has 2 nitrogen and oxygen atoms in total. The Balaban J connectivity index is 1.02. The Bertz CT molecular complexity index is 3700. The largest absolute Gasteiger partial charge is 0.455 e. The number of benzene rings is 9. The average Bonchev–Trinajstić information content (AvgIpc) is 4.01. The topological polar surface area (TPSA) is 16.4 Å². The molecular formula is C63H41NO. The van der Waals surface area contributed by atoms with E-state index in [1.54, 1.807) is 0 Å². The summed E-state index contributed by atoms with van der Waals surface area (Å²) in [5.41, 5.74) is 19.7. The van der Waals surface area contributed by atoms with E-state index >= 15 is 0 Å². The molecule has 10 aromatic rings. The van der Waals surface area contributed by atoms with Crippen LogP contribution in [0.2, 0.25) is 0 Å². The molecule has 4 aliphatic rings. The van der Waals surface area contributed by atoms with Gasteiger partial charge in [0.2, 0.25) is 0 Å². The summed E-state index contributed by atoms with van der Waals surface area (Å²) >= 11 is 0. The molecular weight excluding hydrogens is 787 g/mol. The zero-order valence-electron chi connectivity index (χ0n) is 35.5. The normalized spacial score (nSPS) is 17.0. The molecule has 0 fully saturated rings. The quantitative estimate of drug-likeness (QED) is 0.172. The third kappa shape index (κ3) is 5.17. The fourth-order valence-electron chi connectivity index (χ4n) is 11.8. The van der Waals surface area contributed by atoms with Gasteiger partial charge in [0.15, 0.2) is 0 Å². The number of para-hydroxylation sites is 2. The Labute approximate surface area is 378 Å². The van der Waals surface area contributed by atoms with Gasteiger partial charge in [-0.3, -0.25) is 0 Å². The van der Waals surface area contributed by atoms with Gasteiger partial charge in [-0.2, -0.15) is 0 Å². The molecule has 0 amide bonds. The van der Waals surface area contributed by atoms with E-state index in [1.807, 2.05) is 0 Å². The number of anilines is 3. The number of nitrogens with zero attached hydrogens (tertiary/aromatic N) is 1. The van der Waals surface area contributed by atoms with E-state index in [1.165, 1.54) is 61.0 Å². The molecule has 1 spiro atoms. The molecule has 9 aromatic carbocycles. The summed E-state index contributed by atoms with van der Waals surface area (Å²) in [4.78, 5) is 2.48. The molecule has 14 rings (SSSR count). The van der Waals surface area contributed by atoms with Gasteiger partial charge in [-0.15, -0.1) is 0 Å². The summed E-state index contributed by atoms with van der Waals surface area (Å²) in [6.45, 7) is 0. The fraction of sp³-hybridized carbons (Fsp3) is 0.0476. The predicted octanol–water partition coefficient (Wildman–Crippen LogP) is 16.5. The van der Waals surface area contributed by atoms with Crippen molar-refractivity contribution in [3.8, 4) is 33.4 Å². The fourth-order valence-corrected chi connectivity index (χ4v) is 11.8. The molecule has 0 saturated heterocycles. The zero-order chi connectivity index (χ0) is 42.6. The summed E-state index contributed by atoms with van der Waals surface area (Å²) in [5.74, 6) is 0.733. The molecule has 0 saturated carbocycles. The van der Waals surface area contributed by atoms with Crippen molar-refractivity contribution in [2.75, 3.05) is 4.90 Å². The number of furan rings is 1. The van der Waals surface area contributed by atoms with Gasteiger partial charge in [0.05, 0.1) is 11.1 Å². The molecule has 0 radical (unpaired) electrons. The first kappa shape index (κ1) is 36.3. The summed E-state index contributed by atoms with van der Waals surface area (Å²) in [6, 6.07) is 71.9. The lowest BCUT2D eigenvalue weighted by Gasteiger charge is -2.33. The van der Waals surface area contributed by atoms with Crippen LogP contribution in [0, 0.1) is 11.8 Å². The van der Waals surface area contributed by atoms with Crippen LogP contribution in [0.3, 0.4) is 0 Å². The average molecular weight is 828 g/mol. The zero-order valence-corrected chi connectivity index (χ0v) is 35.5. The Morgan fingerprint density at radius 1 is 0.400 bits per heavy atom. The van der Waals surface area contributed by atoms with Crippen molar-refractivity contribution in [3.63, 3.8) is 0 Å². The first-order valence-electron chi connectivity index (χ1n) is 22.8. The minimum Gasteiger partial charge on any atom is -0.455 e. The van der Waals surface area contributed by atoms with Gasteiger partial charge in [-0.1, -0.05) is 200 Å². The second kappa shape index (κ2) is 13.9. The smallest absolute Gasteiger partial charge is 0.143 e. The van der Waals surface area contributed by atoms with Crippen molar-refractivity contribution in [3.05, 3.63) is 264 Å². The van der Waals surface area contributed by atoms with E-state index in [0.717, 1.165) is 55.5 Å². The lowest BCUT2D eigenvalue weighted by molar-refractivity contribution is 0.663. The number of allylic oxidation sites excluding steroid dienone is 8. The summed E-state index contributed by atoms with van der Waals surface area (Å²) in [5, 5.41) is 4.54. The van der Waals surface area contributed by atoms with E-state index in [-0.39, 0.29) is 0 Å². The number of hydrogen-bond donors (Lipinski definition) is 0. The van der Waals surface area contributed by atoms with E-state index in [9.17, 15) is 0 Å². The van der Waals surface area contributed by atoms with Crippen LogP contribution < -0.4 is 4.90 Å². The highest BCUT2D eigenvalue weighted by atomic mass is 16.3. The van der Waals surface area contributed by atoms with Crippen LogP contribution in [-0.2, 0) is 5.41 Å². The van der Waals surface area contributed by atoms with Crippen LogP contribution in [0.15, 0.2) is 241 Å². The number of fused-ring (bicyclic) bond motifs is 16. The van der Waals surface area contributed by atoms with Gasteiger partial charge in [-0.25, -0.2) is 0 Å². The first-order chi connectivity index (χ1) is 32.2. The van der Waals surface area contributed by atoms with Gasteiger partial charge in [0.25, 0.3) is 0 Å². The van der Waals surface area contributed by atoms with Crippen molar-refractivity contribution >= 4 is 55.3 Å². The first-order valence-corrected chi connectivity index (χ1v) is 22.8. The van der Waals surface area contributed by atoms with Gasteiger partial charge in [0.1, 0.15) is 11.2 Å². The highest BCUT2D eigenvalue weighted by Gasteiger charge is 2.51. The maximum absolute atomic E-state index is 7.02. The second-order valence-electron chi connectivity index (χ2n) is 17.9. The lowest BCUT2D eigenvalue weighted by atomic mass is 9.70. The number of hydrogen-bond acceptors (Lipinski definition) is 2. The van der Waals surface area contributed by atoms with Crippen LogP contribution in [0.5, 0.6) is 0 Å². The van der Waals surface area contributed by atoms with Crippen LogP contribution in [0.4, 0.5) is 17.1 Å². The summed E-state index contributed by atoms with van der Waals surface area (Å²) in [6.07, 6.45) is 16.0. The maximum atomic E-state index is 7.02. The number of rotatable bonds is 5. The van der Waals surface area contributed by atoms with E-state index in [4.69, 9.17) is 4.42 Å². The third-order valence-electron chi connectivity index (χ3n) is 14.6. The standard InChI is InChI=1S/C63H41NO/c1-2-17-42-37-44(32-31-40(42)15-1)43-18-13-19-45(38-43)64(60-30-12-8-24-52(60)53-25-14-26-54-55-35-33-41-16-3-4-20-47(41)61(55)65-62(53)54)46-34-36-51-50-23-7-11-29-58(50)63(59(51)39-46)56-27-9-5-21-48(56)49-22-6-10-28-57(49)63/h1-40,42H. The molecule has 4 aliphatic carbocycles. The minimum absolute atomic E-state index is 0.341. The molecule has 2 atom stereocenters. The minimum atomic E-state index is -0.471. The van der Waals surface area contributed by atoms with E-state index < -0.39 is 5.41 Å². The Hall–Kier alpha value is -8.20. The Morgan fingerprint density at radius 2 is 1.00 bits per heavy atom. The third-order valence-corrected chi connectivity index (χ3v) is 14.6. The molecule has 1 aromatic heterocycles. The van der Waals surface area contributed by atoms with E-state index in [0.29, 0.717) is 11.8 Å². The second-order valence-corrected chi connectivity index (χ2v) is 17.9. The molecule has 0 bridgehead atoms. The van der Waals surface area contributed by atoms with E-state index in [2.05, 4.69) is 242 Å². The van der Waals surface area contributed by atoms with Crippen LogP contribution in [0.1, 0.15) is 27.8 Å². The van der Waals surface area contributed by atoms with Gasteiger partial charge < -0.3 is 9.32 Å². The highest BCUT2D eigenvalue weighted by molar-refractivity contribution is 6.17. The summed E-state index contributed by atoms with van der Waals surface area (Å²) < 4.78 is 7.02. The van der Waals surface area contributed by atoms with Gasteiger partial charge in [0, 0.05) is 50.5 Å². The molecule has 0 aliphatic heterocycles. The monoisotopic (exact) mass is 827 g/mol. The summed E-state index contributed by atoms with van der Waals surface area (Å²) in [7, 11) is 0. The molecule has 1 heterocycles. The van der Waals surface area contributed by atoms with Gasteiger partial charge in [-0.05, 0) is 97.4 Å². The van der Waals surface area contributed by atoms with Crippen LogP contribution in [-0.4, -0.2) is 0 Å². The Morgan fingerprint density at radius 3 is 1.78 bits per heavy atom. The molecule has 2 heteroatoms. The molecule has 65 heavy (non-hydrogen) atoms. The predicted molar refractivity (Wildman–Crippen MR) is 270 cm³/mol. The van der Waals surface area contributed by atoms with Crippen molar-refractivity contribution < 1.29 is 4.42 Å². The van der Waals surface area contributed by atoms with Crippen molar-refractivity contribution in [1.29, 1.82) is 0 Å². The maximum Gasteiger partial charge on any atom is 0.143 e. The SMILES string of the molecule is C1=CC2C=CC(c3cccc(N(c4ccc5c(c4)C4(c6ccccc6-c6ccccc64)c4ccccc4-5)c4ccccc4-c4cccc5c4oc4c6ccccc6ccc54)c3)=CC2C=C1. The van der Waals surface area contributed by atoms with Gasteiger partial charge >= 0.3 is 0 Å². The highest BCUT2D eigenvalue weighted by Crippen LogP contribution is 2.63. The molecule has 0 N–H and O–H groups in total. The molecule has 2 unspecified atom stereocenters. The van der Waals surface area contributed by atoms with Crippen molar-refractivity contribution in [2.45, 2.75) is 5.41 Å². The van der Waals surface area contributed by atoms with Crippen molar-refractivity contribution in [2.24, 2.45) is 11.8 Å². The lowest BCUT2D eigenvalue weighted by Crippen LogP contribution is -2.26. The van der Waals surface area contributed by atoms with Crippen molar-refractivity contribution in [1.82, 2.24) is 0 Å². The molecule has 304 valence electrons. The van der Waals surface area contributed by atoms with Crippen LogP contribution >= 0.6 is 0 Å².